The molecule has 0 radical (unpaired) electrons. The lowest BCUT2D eigenvalue weighted by molar-refractivity contribution is -0.122. The summed E-state index contributed by atoms with van der Waals surface area (Å²) in [5.41, 5.74) is 4.49. The maximum absolute atomic E-state index is 13.0. The van der Waals surface area contributed by atoms with Crippen LogP contribution in [0.25, 0.3) is 33.5 Å². The average molecular weight is 402 g/mol. The van der Waals surface area contributed by atoms with Gasteiger partial charge in [0.25, 0.3) is 0 Å². The second kappa shape index (κ2) is 6.41. The molecular formula is C22H22N6O2. The molecule has 30 heavy (non-hydrogen) atoms. The first kappa shape index (κ1) is 18.4. The predicted molar refractivity (Wildman–Crippen MR) is 115 cm³/mol. The summed E-state index contributed by atoms with van der Waals surface area (Å²) in [6.07, 6.45) is 0. The van der Waals surface area contributed by atoms with E-state index >= 15 is 0 Å². The molecule has 4 aromatic rings. The van der Waals surface area contributed by atoms with Gasteiger partial charge in [-0.25, -0.2) is 4.98 Å². The van der Waals surface area contributed by atoms with Crippen molar-refractivity contribution >= 4 is 39.4 Å². The minimum Gasteiger partial charge on any atom is -0.355 e. The van der Waals surface area contributed by atoms with Crippen LogP contribution in [-0.2, 0) is 15.0 Å². The Morgan fingerprint density at radius 1 is 1.20 bits per heavy atom. The SMILES string of the molecule is CC(=O)NCCN1C(=O)C(C)(C)c2cc3[nH]c(-c4n[nH]c5ccccc45)nc3cc21. The molecule has 0 saturated heterocycles. The number of hydrogen-bond donors (Lipinski definition) is 3. The van der Waals surface area contributed by atoms with Gasteiger partial charge < -0.3 is 15.2 Å². The van der Waals surface area contributed by atoms with Crippen LogP contribution in [0.1, 0.15) is 26.3 Å². The van der Waals surface area contributed by atoms with Crippen LogP contribution in [0.2, 0.25) is 0 Å². The fourth-order valence-electron chi connectivity index (χ4n) is 4.15. The lowest BCUT2D eigenvalue weighted by Gasteiger charge is -2.20. The molecule has 152 valence electrons. The number of aromatic nitrogens is 4. The molecule has 0 saturated carbocycles. The topological polar surface area (TPSA) is 107 Å². The van der Waals surface area contributed by atoms with Gasteiger partial charge in [-0.3, -0.25) is 14.7 Å². The Hall–Kier alpha value is -3.68. The molecule has 0 spiro atoms. The smallest absolute Gasteiger partial charge is 0.237 e. The molecule has 2 aromatic heterocycles. The quantitative estimate of drug-likeness (QED) is 0.488. The lowest BCUT2D eigenvalue weighted by Crippen LogP contribution is -2.40. The highest BCUT2D eigenvalue weighted by molar-refractivity contribution is 6.09. The number of para-hydroxylation sites is 1. The fourth-order valence-corrected chi connectivity index (χ4v) is 4.15. The number of anilines is 1. The van der Waals surface area contributed by atoms with E-state index in [0.29, 0.717) is 18.9 Å². The minimum atomic E-state index is -0.649. The van der Waals surface area contributed by atoms with E-state index in [1.165, 1.54) is 6.92 Å². The van der Waals surface area contributed by atoms with Crippen molar-refractivity contribution in [3.8, 4) is 11.5 Å². The number of aromatic amines is 2. The van der Waals surface area contributed by atoms with Crippen LogP contribution in [-0.4, -0.2) is 45.1 Å². The summed E-state index contributed by atoms with van der Waals surface area (Å²) in [5.74, 6) is 0.592. The van der Waals surface area contributed by atoms with Gasteiger partial charge in [0.1, 0.15) is 5.69 Å². The predicted octanol–water partition coefficient (Wildman–Crippen LogP) is 2.87. The molecular weight excluding hydrogens is 380 g/mol. The van der Waals surface area contributed by atoms with Crippen molar-refractivity contribution in [3.05, 3.63) is 42.0 Å². The summed E-state index contributed by atoms with van der Waals surface area (Å²) in [6.45, 7) is 6.15. The second-order valence-electron chi connectivity index (χ2n) is 8.15. The van der Waals surface area contributed by atoms with Crippen molar-refractivity contribution in [3.63, 3.8) is 0 Å². The largest absolute Gasteiger partial charge is 0.355 e. The first-order chi connectivity index (χ1) is 14.4. The van der Waals surface area contributed by atoms with Crippen molar-refractivity contribution in [1.29, 1.82) is 0 Å². The number of H-pyrrole nitrogens is 2. The zero-order valence-electron chi connectivity index (χ0n) is 17.0. The maximum Gasteiger partial charge on any atom is 0.237 e. The molecule has 8 heteroatoms. The number of rotatable bonds is 4. The highest BCUT2D eigenvalue weighted by Crippen LogP contribution is 2.43. The summed E-state index contributed by atoms with van der Waals surface area (Å²) in [6, 6.07) is 11.9. The van der Waals surface area contributed by atoms with Crippen molar-refractivity contribution in [1.82, 2.24) is 25.5 Å². The first-order valence-electron chi connectivity index (χ1n) is 9.90. The van der Waals surface area contributed by atoms with Crippen molar-refractivity contribution in [2.45, 2.75) is 26.2 Å². The number of benzene rings is 2. The van der Waals surface area contributed by atoms with Gasteiger partial charge in [-0.2, -0.15) is 5.10 Å². The molecule has 8 nitrogen and oxygen atoms in total. The second-order valence-corrected chi connectivity index (χ2v) is 8.15. The molecule has 1 aliphatic rings. The van der Waals surface area contributed by atoms with E-state index in [9.17, 15) is 9.59 Å². The van der Waals surface area contributed by atoms with Crippen LogP contribution < -0.4 is 10.2 Å². The van der Waals surface area contributed by atoms with Gasteiger partial charge in [0.2, 0.25) is 11.8 Å². The van der Waals surface area contributed by atoms with Gasteiger partial charge in [0, 0.05) is 25.4 Å². The normalized spacial score (nSPS) is 15.2. The van der Waals surface area contributed by atoms with Crippen LogP contribution in [0.5, 0.6) is 0 Å². The third-order valence-electron chi connectivity index (χ3n) is 5.75. The summed E-state index contributed by atoms with van der Waals surface area (Å²) < 4.78 is 0. The Labute approximate surface area is 172 Å². The van der Waals surface area contributed by atoms with Gasteiger partial charge in [-0.1, -0.05) is 18.2 Å². The summed E-state index contributed by atoms with van der Waals surface area (Å²) in [4.78, 5) is 34.1. The summed E-state index contributed by atoms with van der Waals surface area (Å²) in [5, 5.41) is 11.2. The van der Waals surface area contributed by atoms with Crippen molar-refractivity contribution in [2.75, 3.05) is 18.0 Å². The average Bonchev–Trinajstić information content (AvgIpc) is 3.36. The number of imidazole rings is 1. The first-order valence-corrected chi connectivity index (χ1v) is 9.90. The Morgan fingerprint density at radius 2 is 2.00 bits per heavy atom. The standard InChI is InChI=1S/C22H22N6O2/c1-12(29)23-8-9-28-18-11-17-16(10-14(18)22(2,3)21(28)30)24-20(25-17)19-13-6-4-5-7-15(13)26-27-19/h4-7,10-11H,8-9H2,1-3H3,(H,23,29)(H,24,25)(H,26,27). The number of amides is 2. The molecule has 5 rings (SSSR count). The number of nitrogens with one attached hydrogen (secondary N) is 3. The molecule has 0 aliphatic carbocycles. The van der Waals surface area contributed by atoms with Gasteiger partial charge in [0.05, 0.1) is 27.7 Å². The molecule has 2 aromatic carbocycles. The number of fused-ring (bicyclic) bond motifs is 3. The summed E-state index contributed by atoms with van der Waals surface area (Å²) in [7, 11) is 0. The Morgan fingerprint density at radius 3 is 2.80 bits per heavy atom. The van der Waals surface area contributed by atoms with E-state index in [1.807, 2.05) is 50.2 Å². The molecule has 1 aliphatic heterocycles. The van der Waals surface area contributed by atoms with Crippen molar-refractivity contribution < 1.29 is 9.59 Å². The van der Waals surface area contributed by atoms with E-state index in [2.05, 4.69) is 20.5 Å². The van der Waals surface area contributed by atoms with Crippen LogP contribution in [0.15, 0.2) is 36.4 Å². The third-order valence-corrected chi connectivity index (χ3v) is 5.75. The van der Waals surface area contributed by atoms with Crippen LogP contribution in [0.4, 0.5) is 5.69 Å². The maximum atomic E-state index is 13.0. The Kier molecular flexibility index (Phi) is 3.92. The number of carbonyl (C=O) groups is 2. The third kappa shape index (κ3) is 2.67. The molecule has 0 bridgehead atoms. The van der Waals surface area contributed by atoms with E-state index in [4.69, 9.17) is 4.98 Å². The number of nitrogens with zero attached hydrogens (tertiary/aromatic N) is 3. The monoisotopic (exact) mass is 402 g/mol. The molecule has 0 unspecified atom stereocenters. The Balaban J connectivity index is 1.59. The number of carbonyl (C=O) groups excluding carboxylic acids is 2. The molecule has 3 N–H and O–H groups in total. The zero-order chi connectivity index (χ0) is 21.0. The van der Waals surface area contributed by atoms with E-state index in [1.54, 1.807) is 4.90 Å². The van der Waals surface area contributed by atoms with Gasteiger partial charge >= 0.3 is 0 Å². The zero-order valence-corrected chi connectivity index (χ0v) is 17.0. The van der Waals surface area contributed by atoms with Gasteiger partial charge in [-0.05, 0) is 37.6 Å². The van der Waals surface area contributed by atoms with E-state index < -0.39 is 5.41 Å². The van der Waals surface area contributed by atoms with Crippen LogP contribution in [0.3, 0.4) is 0 Å². The molecule has 0 fully saturated rings. The van der Waals surface area contributed by atoms with E-state index in [0.717, 1.165) is 38.9 Å². The highest BCUT2D eigenvalue weighted by atomic mass is 16.2. The molecule has 2 amide bonds. The molecule has 3 heterocycles. The minimum absolute atomic E-state index is 0.0222. The van der Waals surface area contributed by atoms with E-state index in [-0.39, 0.29) is 11.8 Å². The molecule has 0 atom stereocenters. The van der Waals surface area contributed by atoms with Gasteiger partial charge in [0.15, 0.2) is 5.82 Å². The van der Waals surface area contributed by atoms with Gasteiger partial charge in [-0.15, -0.1) is 0 Å². The Bertz CT molecular complexity index is 1320. The fraction of sp³-hybridized carbons (Fsp3) is 0.273. The lowest BCUT2D eigenvalue weighted by atomic mass is 9.86. The summed E-state index contributed by atoms with van der Waals surface area (Å²) >= 11 is 0. The number of hydrogen-bond acceptors (Lipinski definition) is 4. The highest BCUT2D eigenvalue weighted by Gasteiger charge is 2.44. The van der Waals surface area contributed by atoms with Crippen LogP contribution >= 0.6 is 0 Å². The van der Waals surface area contributed by atoms with Crippen LogP contribution in [0, 0.1) is 0 Å². The van der Waals surface area contributed by atoms with Crippen molar-refractivity contribution in [2.24, 2.45) is 0 Å².